The maximum absolute atomic E-state index is 12.8. The Labute approximate surface area is 159 Å². The van der Waals surface area contributed by atoms with Crippen molar-refractivity contribution >= 4 is 12.0 Å². The zero-order valence-electron chi connectivity index (χ0n) is 15.7. The van der Waals surface area contributed by atoms with E-state index in [0.29, 0.717) is 30.2 Å². The number of ether oxygens (including phenoxy) is 3. The molecule has 0 aliphatic carbocycles. The van der Waals surface area contributed by atoms with Gasteiger partial charge in [-0.05, 0) is 32.3 Å². The normalized spacial score (nSPS) is 22.2. The van der Waals surface area contributed by atoms with Crippen LogP contribution in [0, 0.1) is 0 Å². The number of carbonyl (C=O) groups excluding carboxylic acids is 2. The van der Waals surface area contributed by atoms with Gasteiger partial charge in [-0.2, -0.15) is 0 Å². The molecule has 0 aromatic heterocycles. The maximum Gasteiger partial charge on any atom is 0.338 e. The fourth-order valence-corrected chi connectivity index (χ4v) is 3.28. The van der Waals surface area contributed by atoms with Gasteiger partial charge < -0.3 is 24.8 Å². The van der Waals surface area contributed by atoms with E-state index in [1.165, 1.54) is 0 Å². The monoisotopic (exact) mass is 374 g/mol. The molecule has 2 atom stereocenters. The average Bonchev–Trinajstić information content (AvgIpc) is 3.17. The number of rotatable bonds is 7. The van der Waals surface area contributed by atoms with E-state index < -0.39 is 12.0 Å². The summed E-state index contributed by atoms with van der Waals surface area (Å²) in [5.41, 5.74) is 1.58. The van der Waals surface area contributed by atoms with Crippen molar-refractivity contribution in [2.24, 2.45) is 0 Å². The summed E-state index contributed by atoms with van der Waals surface area (Å²) >= 11 is 0. The van der Waals surface area contributed by atoms with E-state index in [4.69, 9.17) is 14.2 Å². The van der Waals surface area contributed by atoms with Crippen molar-refractivity contribution in [3.05, 3.63) is 41.1 Å². The predicted molar refractivity (Wildman–Crippen MR) is 99.3 cm³/mol. The lowest BCUT2D eigenvalue weighted by Gasteiger charge is -2.29. The number of nitrogens with one attached hydrogen (secondary N) is 2. The van der Waals surface area contributed by atoms with Gasteiger partial charge in [0.1, 0.15) is 12.4 Å². The molecule has 27 heavy (non-hydrogen) atoms. The summed E-state index contributed by atoms with van der Waals surface area (Å²) in [5, 5.41) is 5.48. The Balaban J connectivity index is 1.84. The molecule has 0 unspecified atom stereocenters. The third kappa shape index (κ3) is 4.60. The molecule has 0 spiro atoms. The molecule has 146 valence electrons. The number of para-hydroxylation sites is 1. The molecule has 0 saturated carbocycles. The van der Waals surface area contributed by atoms with E-state index in [9.17, 15) is 9.59 Å². The van der Waals surface area contributed by atoms with Gasteiger partial charge in [-0.3, -0.25) is 0 Å². The molecule has 7 nitrogen and oxygen atoms in total. The molecule has 2 aliphatic rings. The molecular weight excluding hydrogens is 348 g/mol. The highest BCUT2D eigenvalue weighted by Gasteiger charge is 2.34. The van der Waals surface area contributed by atoms with Crippen molar-refractivity contribution in [2.75, 3.05) is 19.8 Å². The number of urea groups is 1. The second-order valence-electron chi connectivity index (χ2n) is 6.69. The number of esters is 1. The summed E-state index contributed by atoms with van der Waals surface area (Å²) < 4.78 is 16.8. The van der Waals surface area contributed by atoms with Crippen LogP contribution < -0.4 is 15.4 Å². The van der Waals surface area contributed by atoms with Gasteiger partial charge in [-0.25, -0.2) is 9.59 Å². The molecule has 2 amide bonds. The molecule has 2 aliphatic heterocycles. The molecule has 2 N–H and O–H groups in total. The largest absolute Gasteiger partial charge is 0.493 e. The first kappa shape index (κ1) is 19.2. The summed E-state index contributed by atoms with van der Waals surface area (Å²) in [5.74, 6) is 0.176. The van der Waals surface area contributed by atoms with Gasteiger partial charge in [0.05, 0.1) is 24.3 Å². The van der Waals surface area contributed by atoms with Gasteiger partial charge in [0.25, 0.3) is 0 Å². The van der Waals surface area contributed by atoms with Crippen LogP contribution in [0.2, 0.25) is 0 Å². The first-order chi connectivity index (χ1) is 13.1. The highest BCUT2D eigenvalue weighted by atomic mass is 16.6. The van der Waals surface area contributed by atoms with E-state index >= 15 is 0 Å². The highest BCUT2D eigenvalue weighted by molar-refractivity contribution is 5.95. The first-order valence-corrected chi connectivity index (χ1v) is 9.39. The second-order valence-corrected chi connectivity index (χ2v) is 6.69. The van der Waals surface area contributed by atoms with Crippen LogP contribution in [0.4, 0.5) is 4.79 Å². The third-order valence-electron chi connectivity index (χ3n) is 4.61. The van der Waals surface area contributed by atoms with Crippen LogP contribution in [-0.2, 0) is 14.3 Å². The smallest absolute Gasteiger partial charge is 0.338 e. The van der Waals surface area contributed by atoms with Crippen LogP contribution in [0.25, 0.3) is 0 Å². The Kier molecular flexibility index (Phi) is 6.34. The van der Waals surface area contributed by atoms with E-state index in [1.807, 2.05) is 31.2 Å². The van der Waals surface area contributed by atoms with Gasteiger partial charge in [-0.15, -0.1) is 0 Å². The minimum Gasteiger partial charge on any atom is -0.493 e. The Morgan fingerprint density at radius 1 is 1.33 bits per heavy atom. The van der Waals surface area contributed by atoms with Gasteiger partial charge in [0, 0.05) is 17.9 Å². The fourth-order valence-electron chi connectivity index (χ4n) is 3.28. The molecule has 0 radical (unpaired) electrons. The summed E-state index contributed by atoms with van der Waals surface area (Å²) in [6, 6.07) is 6.41. The number of carbonyl (C=O) groups is 2. The van der Waals surface area contributed by atoms with Crippen molar-refractivity contribution in [3.8, 4) is 5.75 Å². The molecule has 1 saturated heterocycles. The minimum absolute atomic E-state index is 0.0559. The molecule has 1 aromatic rings. The lowest BCUT2D eigenvalue weighted by molar-refractivity contribution is -0.142. The van der Waals surface area contributed by atoms with Crippen molar-refractivity contribution in [1.29, 1.82) is 0 Å². The Bertz CT molecular complexity index is 725. The third-order valence-corrected chi connectivity index (χ3v) is 4.61. The van der Waals surface area contributed by atoms with Crippen LogP contribution in [0.3, 0.4) is 0 Å². The van der Waals surface area contributed by atoms with Crippen molar-refractivity contribution < 1.29 is 23.8 Å². The number of hydrogen-bond acceptors (Lipinski definition) is 5. The minimum atomic E-state index is -0.635. The molecule has 0 bridgehead atoms. The SMILES string of the molecule is CCCOc1ccccc1[C@@H]1NC(=O)NC(C)=C1C(=O)OC[C@H]1CCCO1. The molecule has 3 rings (SSSR count). The van der Waals surface area contributed by atoms with Gasteiger partial charge in [0.15, 0.2) is 0 Å². The number of allylic oxidation sites excluding steroid dienone is 1. The van der Waals surface area contributed by atoms with E-state index in [2.05, 4.69) is 10.6 Å². The van der Waals surface area contributed by atoms with E-state index in [-0.39, 0.29) is 18.7 Å². The zero-order chi connectivity index (χ0) is 19.2. The van der Waals surface area contributed by atoms with Crippen molar-refractivity contribution in [2.45, 2.75) is 45.3 Å². The Hall–Kier alpha value is -2.54. The van der Waals surface area contributed by atoms with E-state index in [0.717, 1.165) is 24.8 Å². The summed E-state index contributed by atoms with van der Waals surface area (Å²) in [6.07, 6.45) is 2.67. The van der Waals surface area contributed by atoms with Gasteiger partial charge in [-0.1, -0.05) is 25.1 Å². The molecule has 1 fully saturated rings. The number of hydrogen-bond donors (Lipinski definition) is 2. The van der Waals surface area contributed by atoms with Crippen LogP contribution >= 0.6 is 0 Å². The topological polar surface area (TPSA) is 85.9 Å². The lowest BCUT2D eigenvalue weighted by Crippen LogP contribution is -2.45. The Morgan fingerprint density at radius 3 is 2.89 bits per heavy atom. The number of amides is 2. The lowest BCUT2D eigenvalue weighted by atomic mass is 9.95. The molecule has 1 aromatic carbocycles. The van der Waals surface area contributed by atoms with Gasteiger partial charge in [0.2, 0.25) is 0 Å². The van der Waals surface area contributed by atoms with Crippen LogP contribution in [0.1, 0.15) is 44.7 Å². The summed E-state index contributed by atoms with van der Waals surface area (Å²) in [7, 11) is 0. The van der Waals surface area contributed by atoms with Crippen molar-refractivity contribution in [1.82, 2.24) is 10.6 Å². The highest BCUT2D eigenvalue weighted by Crippen LogP contribution is 2.33. The predicted octanol–water partition coefficient (Wildman–Crippen LogP) is 2.83. The second kappa shape index (κ2) is 8.90. The first-order valence-electron chi connectivity index (χ1n) is 9.39. The fraction of sp³-hybridized carbons (Fsp3) is 0.500. The average molecular weight is 374 g/mol. The molecular formula is C20H26N2O5. The zero-order valence-corrected chi connectivity index (χ0v) is 15.7. The van der Waals surface area contributed by atoms with E-state index in [1.54, 1.807) is 6.92 Å². The van der Waals surface area contributed by atoms with Crippen molar-refractivity contribution in [3.63, 3.8) is 0 Å². The standard InChI is InChI=1S/C20H26N2O5/c1-3-10-26-16-9-5-4-8-15(16)18-17(13(2)21-20(24)22-18)19(23)27-12-14-7-6-11-25-14/h4-5,8-9,14,18H,3,6-7,10-12H2,1-2H3,(H2,21,22,24)/t14-,18+/m1/s1. The van der Waals surface area contributed by atoms with Gasteiger partial charge >= 0.3 is 12.0 Å². The Morgan fingerprint density at radius 2 is 2.15 bits per heavy atom. The number of benzene rings is 1. The summed E-state index contributed by atoms with van der Waals surface area (Å²) in [4.78, 5) is 24.9. The molecule has 7 heteroatoms. The molecule has 2 heterocycles. The van der Waals surface area contributed by atoms with Crippen LogP contribution in [0.15, 0.2) is 35.5 Å². The summed E-state index contributed by atoms with van der Waals surface area (Å²) in [6.45, 7) is 5.19. The van der Waals surface area contributed by atoms with Crippen LogP contribution in [-0.4, -0.2) is 37.9 Å². The quantitative estimate of drug-likeness (QED) is 0.717. The van der Waals surface area contributed by atoms with Crippen LogP contribution in [0.5, 0.6) is 5.75 Å². The maximum atomic E-state index is 12.8.